The molecule has 7 nitrogen and oxygen atoms in total. The number of nitrogens with one attached hydrogen (secondary N) is 1. The third-order valence-electron chi connectivity index (χ3n) is 4.89. The van der Waals surface area contributed by atoms with Crippen LogP contribution in [-0.4, -0.2) is 46.1 Å². The molecule has 0 saturated heterocycles. The zero-order valence-corrected chi connectivity index (χ0v) is 20.3. The van der Waals surface area contributed by atoms with Gasteiger partial charge in [0.2, 0.25) is 0 Å². The largest absolute Gasteiger partial charge is 0.388 e. The third-order valence-corrected chi connectivity index (χ3v) is 6.87. The van der Waals surface area contributed by atoms with Crippen LogP contribution in [0.1, 0.15) is 18.1 Å². The van der Waals surface area contributed by atoms with E-state index >= 15 is 0 Å². The minimum atomic E-state index is -1.18. The molecule has 3 aromatic heterocycles. The SMILES string of the molecule is C[Si](C)(C)CCOCn1nc(-c2ccncc2)cc1NCCC(O)c1cnc(Cl)c(F)c1. The molecular weight excluding hydrogens is 449 g/mol. The van der Waals surface area contributed by atoms with Crippen molar-refractivity contribution in [2.75, 3.05) is 18.5 Å². The maximum Gasteiger partial charge on any atom is 0.164 e. The quantitative estimate of drug-likeness (QED) is 0.230. The van der Waals surface area contributed by atoms with Gasteiger partial charge in [0.25, 0.3) is 0 Å². The van der Waals surface area contributed by atoms with E-state index in [1.807, 2.05) is 18.2 Å². The van der Waals surface area contributed by atoms with Gasteiger partial charge in [0, 0.05) is 57.0 Å². The molecule has 2 N–H and O–H groups in total. The minimum absolute atomic E-state index is 0.208. The van der Waals surface area contributed by atoms with Crippen LogP contribution in [0, 0.1) is 5.82 Å². The number of aliphatic hydroxyl groups excluding tert-OH is 1. The van der Waals surface area contributed by atoms with E-state index in [0.717, 1.165) is 23.1 Å². The predicted molar refractivity (Wildman–Crippen MR) is 127 cm³/mol. The number of ether oxygens (including phenoxy) is 1. The van der Waals surface area contributed by atoms with E-state index < -0.39 is 20.0 Å². The van der Waals surface area contributed by atoms with Crippen molar-refractivity contribution >= 4 is 25.5 Å². The van der Waals surface area contributed by atoms with Crippen LogP contribution >= 0.6 is 11.6 Å². The van der Waals surface area contributed by atoms with Crippen LogP contribution in [0.2, 0.25) is 30.8 Å². The number of rotatable bonds is 11. The highest BCUT2D eigenvalue weighted by Crippen LogP contribution is 2.23. The molecule has 1 unspecified atom stereocenters. The van der Waals surface area contributed by atoms with Gasteiger partial charge in [-0.05, 0) is 30.7 Å². The van der Waals surface area contributed by atoms with Gasteiger partial charge in [0.1, 0.15) is 12.5 Å². The molecule has 0 amide bonds. The van der Waals surface area contributed by atoms with Crippen LogP contribution in [0.4, 0.5) is 10.2 Å². The number of anilines is 1. The molecule has 0 fully saturated rings. The van der Waals surface area contributed by atoms with E-state index in [1.165, 1.54) is 12.3 Å². The van der Waals surface area contributed by atoms with Crippen LogP contribution in [0.25, 0.3) is 11.3 Å². The lowest BCUT2D eigenvalue weighted by atomic mass is 10.1. The fraction of sp³-hybridized carbons (Fsp3) is 0.409. The van der Waals surface area contributed by atoms with Gasteiger partial charge in [-0.25, -0.2) is 14.1 Å². The van der Waals surface area contributed by atoms with Gasteiger partial charge >= 0.3 is 0 Å². The van der Waals surface area contributed by atoms with Gasteiger partial charge in [-0.3, -0.25) is 4.98 Å². The highest BCUT2D eigenvalue weighted by Gasteiger charge is 2.15. The minimum Gasteiger partial charge on any atom is -0.388 e. The molecular formula is C22H29ClFN5O2Si. The van der Waals surface area contributed by atoms with Crippen molar-refractivity contribution in [3.05, 3.63) is 59.4 Å². The number of aliphatic hydroxyl groups is 1. The van der Waals surface area contributed by atoms with Crippen molar-refractivity contribution in [1.29, 1.82) is 0 Å². The number of pyridine rings is 2. The molecule has 0 aromatic carbocycles. The third kappa shape index (κ3) is 7.09. The molecule has 172 valence electrons. The van der Waals surface area contributed by atoms with E-state index in [-0.39, 0.29) is 5.15 Å². The van der Waals surface area contributed by atoms with Gasteiger partial charge in [-0.1, -0.05) is 31.2 Å². The second kappa shape index (κ2) is 11.0. The normalized spacial score (nSPS) is 12.7. The molecule has 0 radical (unpaired) electrons. The first-order valence-electron chi connectivity index (χ1n) is 10.5. The molecule has 0 aliphatic rings. The average molecular weight is 478 g/mol. The predicted octanol–water partition coefficient (Wildman–Crippen LogP) is 4.98. The van der Waals surface area contributed by atoms with Crippen molar-refractivity contribution in [2.45, 2.75) is 44.9 Å². The summed E-state index contributed by atoms with van der Waals surface area (Å²) in [6.45, 7) is 8.40. The summed E-state index contributed by atoms with van der Waals surface area (Å²) in [6, 6.07) is 8.01. The first kappa shape index (κ1) is 24.3. The molecule has 0 aliphatic heterocycles. The zero-order valence-electron chi connectivity index (χ0n) is 18.6. The number of aromatic nitrogens is 4. The first-order chi connectivity index (χ1) is 15.2. The maximum absolute atomic E-state index is 13.6. The maximum atomic E-state index is 13.6. The Morgan fingerprint density at radius 3 is 2.69 bits per heavy atom. The Morgan fingerprint density at radius 1 is 1.25 bits per heavy atom. The van der Waals surface area contributed by atoms with Crippen LogP contribution in [-0.2, 0) is 11.5 Å². The van der Waals surface area contributed by atoms with Crippen molar-refractivity contribution < 1.29 is 14.2 Å². The fourth-order valence-corrected chi connectivity index (χ4v) is 3.83. The van der Waals surface area contributed by atoms with E-state index in [1.54, 1.807) is 17.1 Å². The summed E-state index contributed by atoms with van der Waals surface area (Å²) in [6.07, 6.45) is 4.32. The Hall–Kier alpha value is -2.33. The standard InChI is InChI=1S/C22H29ClFN5O2Si/c1-32(2,3)11-10-31-15-29-21(13-19(28-29)16-4-7-25-8-5-16)26-9-6-20(30)17-12-18(24)22(23)27-14-17/h4-5,7-8,12-14,20,26,30H,6,9-11,15H2,1-3H3. The fourth-order valence-electron chi connectivity index (χ4n) is 2.97. The summed E-state index contributed by atoms with van der Waals surface area (Å²) < 4.78 is 21.3. The van der Waals surface area contributed by atoms with Gasteiger partial charge in [0.15, 0.2) is 11.0 Å². The Bertz CT molecular complexity index is 1010. The lowest BCUT2D eigenvalue weighted by molar-refractivity contribution is 0.0801. The Morgan fingerprint density at radius 2 is 2.00 bits per heavy atom. The van der Waals surface area contributed by atoms with E-state index in [9.17, 15) is 9.50 Å². The van der Waals surface area contributed by atoms with Crippen LogP contribution in [0.3, 0.4) is 0 Å². The molecule has 3 heterocycles. The Kier molecular flexibility index (Phi) is 8.36. The van der Waals surface area contributed by atoms with Crippen molar-refractivity contribution in [1.82, 2.24) is 19.7 Å². The summed E-state index contributed by atoms with van der Waals surface area (Å²) in [5, 5.41) is 18.1. The zero-order chi connectivity index (χ0) is 23.1. The van der Waals surface area contributed by atoms with Crippen LogP contribution < -0.4 is 5.32 Å². The molecule has 10 heteroatoms. The molecule has 0 aliphatic carbocycles. The van der Waals surface area contributed by atoms with Crippen molar-refractivity contribution in [3.63, 3.8) is 0 Å². The second-order valence-corrected chi connectivity index (χ2v) is 14.8. The summed E-state index contributed by atoms with van der Waals surface area (Å²) in [7, 11) is -1.18. The number of hydrogen-bond donors (Lipinski definition) is 2. The summed E-state index contributed by atoms with van der Waals surface area (Å²) in [5.74, 6) is 0.129. The molecule has 3 aromatic rings. The molecule has 0 bridgehead atoms. The summed E-state index contributed by atoms with van der Waals surface area (Å²) in [4.78, 5) is 7.81. The topological polar surface area (TPSA) is 85.1 Å². The van der Waals surface area contributed by atoms with E-state index in [2.05, 4.69) is 40.0 Å². The lowest BCUT2D eigenvalue weighted by Crippen LogP contribution is -2.22. The van der Waals surface area contributed by atoms with Gasteiger partial charge < -0.3 is 15.2 Å². The molecule has 0 saturated carbocycles. The molecule has 1 atom stereocenters. The van der Waals surface area contributed by atoms with Crippen LogP contribution in [0.5, 0.6) is 0 Å². The molecule has 3 rings (SSSR count). The number of halogens is 2. The van der Waals surface area contributed by atoms with Gasteiger partial charge in [0.05, 0.1) is 11.8 Å². The van der Waals surface area contributed by atoms with Gasteiger partial charge in [-0.15, -0.1) is 0 Å². The summed E-state index contributed by atoms with van der Waals surface area (Å²) in [5.41, 5.74) is 2.13. The Balaban J connectivity index is 1.65. The van der Waals surface area contributed by atoms with Crippen molar-refractivity contribution in [2.24, 2.45) is 0 Å². The highest BCUT2D eigenvalue weighted by molar-refractivity contribution is 6.76. The average Bonchev–Trinajstić information content (AvgIpc) is 3.16. The van der Waals surface area contributed by atoms with Crippen LogP contribution in [0.15, 0.2) is 42.9 Å². The van der Waals surface area contributed by atoms with E-state index in [4.69, 9.17) is 16.3 Å². The first-order valence-corrected chi connectivity index (χ1v) is 14.6. The Labute approximate surface area is 193 Å². The lowest BCUT2D eigenvalue weighted by Gasteiger charge is -2.16. The number of nitrogens with zero attached hydrogens (tertiary/aromatic N) is 4. The highest BCUT2D eigenvalue weighted by atomic mass is 35.5. The second-order valence-electron chi connectivity index (χ2n) is 8.77. The number of hydrogen-bond acceptors (Lipinski definition) is 6. The van der Waals surface area contributed by atoms with Gasteiger partial charge in [-0.2, -0.15) is 5.10 Å². The van der Waals surface area contributed by atoms with Crippen molar-refractivity contribution in [3.8, 4) is 11.3 Å². The molecule has 32 heavy (non-hydrogen) atoms. The van der Waals surface area contributed by atoms with E-state index in [0.29, 0.717) is 31.9 Å². The summed E-state index contributed by atoms with van der Waals surface area (Å²) >= 11 is 5.61. The smallest absolute Gasteiger partial charge is 0.164 e. The molecule has 0 spiro atoms. The monoisotopic (exact) mass is 477 g/mol.